The maximum absolute atomic E-state index is 14.1. The Bertz CT molecular complexity index is 986. The summed E-state index contributed by atoms with van der Waals surface area (Å²) < 4.78 is 71.7. The van der Waals surface area contributed by atoms with E-state index in [1.165, 1.54) is 30.6 Å². The molecule has 0 fully saturated rings. The van der Waals surface area contributed by atoms with Gasteiger partial charge in [0.2, 0.25) is 0 Å². The Kier molecular flexibility index (Phi) is 4.80. The molecule has 3 aromatic rings. The van der Waals surface area contributed by atoms with Crippen molar-refractivity contribution in [1.82, 2.24) is 14.8 Å². The second kappa shape index (κ2) is 7.04. The minimum Gasteiger partial charge on any atom is -0.489 e. The van der Waals surface area contributed by atoms with Crippen LogP contribution in [-0.2, 0) is 17.1 Å². The normalized spacial score (nSPS) is 11.3. The number of ether oxygens (including phenoxy) is 1. The molecule has 0 aliphatic heterocycles. The highest BCUT2D eigenvalue weighted by molar-refractivity contribution is 7.81. The molecule has 26 heavy (non-hydrogen) atoms. The summed E-state index contributed by atoms with van der Waals surface area (Å²) >= 11 is 0. The number of rotatable bonds is 6. The Labute approximate surface area is 146 Å². The van der Waals surface area contributed by atoms with Crippen LogP contribution in [0.2, 0.25) is 0 Å². The molecule has 0 saturated heterocycles. The number of halogens is 3. The Morgan fingerprint density at radius 1 is 1.04 bits per heavy atom. The van der Waals surface area contributed by atoms with Crippen LogP contribution in [0.1, 0.15) is 5.56 Å². The van der Waals surface area contributed by atoms with Crippen LogP contribution < -0.4 is 8.92 Å². The molecule has 136 valence electrons. The molecule has 1 aromatic heterocycles. The van der Waals surface area contributed by atoms with Crippen molar-refractivity contribution in [3.8, 4) is 17.2 Å². The summed E-state index contributed by atoms with van der Waals surface area (Å²) in [7, 11) is -5.11. The first-order valence-corrected chi connectivity index (χ1v) is 8.32. The van der Waals surface area contributed by atoms with Gasteiger partial charge >= 0.3 is 10.5 Å². The Hall–Kier alpha value is -3.08. The van der Waals surface area contributed by atoms with Crippen molar-refractivity contribution < 1.29 is 30.0 Å². The van der Waals surface area contributed by atoms with Crippen LogP contribution in [0.4, 0.5) is 12.7 Å². The van der Waals surface area contributed by atoms with Crippen molar-refractivity contribution in [2.45, 2.75) is 6.61 Å². The van der Waals surface area contributed by atoms with Gasteiger partial charge in [0.25, 0.3) is 0 Å². The summed E-state index contributed by atoms with van der Waals surface area (Å²) in [4.78, 5) is 3.63. The quantitative estimate of drug-likeness (QED) is 0.607. The molecule has 3 rings (SSSR count). The van der Waals surface area contributed by atoms with Crippen molar-refractivity contribution in [3.05, 3.63) is 66.3 Å². The summed E-state index contributed by atoms with van der Waals surface area (Å²) in [5.41, 5.74) is -0.143. The van der Waals surface area contributed by atoms with Gasteiger partial charge in [0.15, 0.2) is 11.6 Å². The lowest BCUT2D eigenvalue weighted by molar-refractivity contribution is 0.304. The molecular weight excluding hydrogens is 375 g/mol. The molecule has 7 nitrogen and oxygen atoms in total. The van der Waals surface area contributed by atoms with Crippen LogP contribution in [0.15, 0.2) is 49.1 Å². The molecule has 0 N–H and O–H groups in total. The van der Waals surface area contributed by atoms with Gasteiger partial charge in [0.05, 0.1) is 0 Å². The lowest BCUT2D eigenvalue weighted by Gasteiger charge is -2.10. The summed E-state index contributed by atoms with van der Waals surface area (Å²) in [5, 5.41) is 3.68. The van der Waals surface area contributed by atoms with Crippen molar-refractivity contribution in [3.63, 3.8) is 0 Å². The molecule has 0 saturated carbocycles. The van der Waals surface area contributed by atoms with Gasteiger partial charge in [0.1, 0.15) is 36.4 Å². The molecular formula is C15H10F3N3O4S. The van der Waals surface area contributed by atoms with Crippen LogP contribution in [0, 0.1) is 11.6 Å². The zero-order valence-electron chi connectivity index (χ0n) is 12.8. The number of benzene rings is 2. The maximum atomic E-state index is 14.1. The third-order valence-corrected chi connectivity index (χ3v) is 3.54. The Morgan fingerprint density at radius 2 is 1.65 bits per heavy atom. The van der Waals surface area contributed by atoms with Gasteiger partial charge in [-0.15, -0.1) is 0 Å². The molecule has 0 bridgehead atoms. The third-order valence-electron chi connectivity index (χ3n) is 3.15. The summed E-state index contributed by atoms with van der Waals surface area (Å²) in [6, 6.07) is 7.15. The van der Waals surface area contributed by atoms with Crippen molar-refractivity contribution >= 4 is 10.5 Å². The lowest BCUT2D eigenvalue weighted by atomic mass is 10.2. The van der Waals surface area contributed by atoms with E-state index in [0.29, 0.717) is 0 Å². The predicted octanol–water partition coefficient (Wildman–Crippen LogP) is 2.72. The van der Waals surface area contributed by atoms with Gasteiger partial charge in [0, 0.05) is 0 Å². The minimum absolute atomic E-state index is 0.160. The summed E-state index contributed by atoms with van der Waals surface area (Å²) in [6.45, 7) is -0.160. The molecule has 0 aliphatic carbocycles. The van der Waals surface area contributed by atoms with E-state index < -0.39 is 22.1 Å². The SMILES string of the molecule is O=S(=O)(F)Oc1ccc(OCc2cc(F)c(-n3cncn3)c(F)c2)cc1. The average molecular weight is 385 g/mol. The third kappa shape index (κ3) is 4.30. The lowest BCUT2D eigenvalue weighted by Crippen LogP contribution is -2.05. The first-order chi connectivity index (χ1) is 12.3. The van der Waals surface area contributed by atoms with Crippen LogP contribution in [0.25, 0.3) is 5.69 Å². The van der Waals surface area contributed by atoms with E-state index in [4.69, 9.17) is 4.74 Å². The fourth-order valence-corrected chi connectivity index (χ4v) is 2.46. The smallest absolute Gasteiger partial charge is 0.488 e. The van der Waals surface area contributed by atoms with Crippen LogP contribution in [0.5, 0.6) is 11.5 Å². The van der Waals surface area contributed by atoms with E-state index in [2.05, 4.69) is 14.3 Å². The van der Waals surface area contributed by atoms with E-state index in [0.717, 1.165) is 23.1 Å². The van der Waals surface area contributed by atoms with Crippen molar-refractivity contribution in [2.75, 3.05) is 0 Å². The van der Waals surface area contributed by atoms with Crippen LogP contribution in [0.3, 0.4) is 0 Å². The molecule has 1 heterocycles. The number of hydrogen-bond acceptors (Lipinski definition) is 6. The highest BCUT2D eigenvalue weighted by Gasteiger charge is 2.14. The molecule has 0 radical (unpaired) electrons. The average Bonchev–Trinajstić information content (AvgIpc) is 3.06. The van der Waals surface area contributed by atoms with Gasteiger partial charge in [-0.2, -0.15) is 13.5 Å². The predicted molar refractivity (Wildman–Crippen MR) is 82.7 cm³/mol. The fourth-order valence-electron chi connectivity index (χ4n) is 2.12. The molecule has 0 aliphatic rings. The largest absolute Gasteiger partial charge is 0.489 e. The number of aromatic nitrogens is 3. The Morgan fingerprint density at radius 3 is 2.19 bits per heavy atom. The first kappa shape index (κ1) is 17.7. The highest BCUT2D eigenvalue weighted by atomic mass is 32.3. The van der Waals surface area contributed by atoms with Gasteiger partial charge in [-0.05, 0) is 42.0 Å². The molecule has 0 atom stereocenters. The van der Waals surface area contributed by atoms with Crippen molar-refractivity contribution in [1.29, 1.82) is 0 Å². The van der Waals surface area contributed by atoms with Crippen LogP contribution in [-0.4, -0.2) is 23.2 Å². The van der Waals surface area contributed by atoms with Gasteiger partial charge in [-0.3, -0.25) is 0 Å². The molecule has 0 unspecified atom stereocenters. The minimum atomic E-state index is -5.11. The van der Waals surface area contributed by atoms with Crippen LogP contribution >= 0.6 is 0 Å². The standard InChI is InChI=1S/C15H10F3N3O4S/c16-13-5-10(6-14(17)15(13)21-9-19-8-20-21)7-24-11-1-3-12(4-2-11)25-26(18,22)23/h1-6,8-9H,7H2. The van der Waals surface area contributed by atoms with Gasteiger partial charge in [-0.25, -0.2) is 18.4 Å². The van der Waals surface area contributed by atoms with E-state index in [-0.39, 0.29) is 29.4 Å². The van der Waals surface area contributed by atoms with E-state index >= 15 is 0 Å². The summed E-state index contributed by atoms with van der Waals surface area (Å²) in [6.07, 6.45) is 2.32. The van der Waals surface area contributed by atoms with Gasteiger partial charge < -0.3 is 8.92 Å². The van der Waals surface area contributed by atoms with E-state index in [9.17, 15) is 21.1 Å². The Balaban J connectivity index is 1.70. The fraction of sp³-hybridized carbons (Fsp3) is 0.0667. The maximum Gasteiger partial charge on any atom is 0.488 e. The first-order valence-electron chi connectivity index (χ1n) is 7.02. The summed E-state index contributed by atoms with van der Waals surface area (Å²) in [5.74, 6) is -1.67. The van der Waals surface area contributed by atoms with E-state index in [1.807, 2.05) is 0 Å². The zero-order chi connectivity index (χ0) is 18.7. The van der Waals surface area contributed by atoms with Gasteiger partial charge in [-0.1, -0.05) is 3.89 Å². The molecule has 0 spiro atoms. The zero-order valence-corrected chi connectivity index (χ0v) is 13.7. The molecule has 11 heteroatoms. The number of hydrogen-bond donors (Lipinski definition) is 0. The molecule has 2 aromatic carbocycles. The van der Waals surface area contributed by atoms with Crippen molar-refractivity contribution in [2.24, 2.45) is 0 Å². The second-order valence-electron chi connectivity index (χ2n) is 4.98. The van der Waals surface area contributed by atoms with E-state index in [1.54, 1.807) is 0 Å². The molecule has 0 amide bonds. The monoisotopic (exact) mass is 385 g/mol. The second-order valence-corrected chi connectivity index (χ2v) is 5.94. The topological polar surface area (TPSA) is 83.3 Å². The highest BCUT2D eigenvalue weighted by Crippen LogP contribution is 2.22. The number of nitrogens with zero attached hydrogens (tertiary/aromatic N) is 3.